The molecule has 0 spiro atoms. The molecule has 0 aliphatic carbocycles. The number of methoxy groups -OCH3 is 1. The van der Waals surface area contributed by atoms with Gasteiger partial charge in [0.05, 0.1) is 6.61 Å². The predicted molar refractivity (Wildman–Crippen MR) is 60.3 cm³/mol. The maximum absolute atomic E-state index is 11.5. The molecule has 0 aromatic heterocycles. The molecule has 0 heterocycles. The number of aliphatic hydroxyl groups excluding tert-OH is 5. The molecular formula is C10H21NO7. The minimum atomic E-state index is -1.94. The third-order valence-electron chi connectivity index (χ3n) is 2.48. The van der Waals surface area contributed by atoms with Crippen molar-refractivity contribution in [3.63, 3.8) is 0 Å². The molecule has 18 heavy (non-hydrogen) atoms. The predicted octanol–water partition coefficient (Wildman–Crippen LogP) is -3.08. The van der Waals surface area contributed by atoms with Crippen LogP contribution in [0, 0.1) is 0 Å². The molecule has 8 heteroatoms. The molecule has 0 aliphatic heterocycles. The van der Waals surface area contributed by atoms with Gasteiger partial charge in [-0.25, -0.2) is 0 Å². The van der Waals surface area contributed by atoms with Gasteiger partial charge in [-0.05, 0) is 6.42 Å². The average molecular weight is 267 g/mol. The fraction of sp³-hybridized carbons (Fsp3) is 0.900. The van der Waals surface area contributed by atoms with Gasteiger partial charge in [0.15, 0.2) is 6.10 Å². The molecule has 0 bridgehead atoms. The fourth-order valence-corrected chi connectivity index (χ4v) is 1.25. The number of ether oxygens (including phenoxy) is 1. The zero-order chi connectivity index (χ0) is 14.3. The zero-order valence-corrected chi connectivity index (χ0v) is 10.4. The van der Waals surface area contributed by atoms with Gasteiger partial charge in [0.25, 0.3) is 5.91 Å². The Labute approximate surface area is 105 Å². The van der Waals surface area contributed by atoms with Crippen molar-refractivity contribution in [3.05, 3.63) is 0 Å². The van der Waals surface area contributed by atoms with Crippen LogP contribution in [0.4, 0.5) is 0 Å². The smallest absolute Gasteiger partial charge is 0.253 e. The van der Waals surface area contributed by atoms with E-state index in [0.29, 0.717) is 6.42 Å². The van der Waals surface area contributed by atoms with E-state index in [1.807, 2.05) is 0 Å². The topological polar surface area (TPSA) is 139 Å². The molecule has 0 radical (unpaired) electrons. The van der Waals surface area contributed by atoms with Crippen molar-refractivity contribution in [1.29, 1.82) is 0 Å². The molecule has 0 aromatic carbocycles. The Kier molecular flexibility index (Phi) is 8.00. The molecule has 6 N–H and O–H groups in total. The van der Waals surface area contributed by atoms with Crippen LogP contribution in [-0.2, 0) is 9.53 Å². The van der Waals surface area contributed by atoms with Crippen LogP contribution in [0.2, 0.25) is 0 Å². The van der Waals surface area contributed by atoms with Gasteiger partial charge >= 0.3 is 0 Å². The summed E-state index contributed by atoms with van der Waals surface area (Å²) in [5.41, 5.74) is 0. The van der Waals surface area contributed by atoms with E-state index in [-0.39, 0.29) is 0 Å². The van der Waals surface area contributed by atoms with Crippen LogP contribution in [0.5, 0.6) is 0 Å². The normalized spacial score (nSPS) is 19.7. The molecule has 8 nitrogen and oxygen atoms in total. The zero-order valence-electron chi connectivity index (χ0n) is 10.4. The highest BCUT2D eigenvalue weighted by atomic mass is 16.5. The van der Waals surface area contributed by atoms with E-state index in [1.165, 1.54) is 7.11 Å². The van der Waals surface area contributed by atoms with Gasteiger partial charge < -0.3 is 35.6 Å². The molecule has 0 saturated heterocycles. The minimum Gasteiger partial charge on any atom is -0.394 e. The second-order valence-corrected chi connectivity index (χ2v) is 3.82. The first-order chi connectivity index (χ1) is 8.38. The number of aliphatic hydroxyl groups is 5. The molecule has 1 amide bonds. The lowest BCUT2D eigenvalue weighted by atomic mass is 10.0. The summed E-state index contributed by atoms with van der Waals surface area (Å²) in [5.74, 6) is -0.944. The highest BCUT2D eigenvalue weighted by Gasteiger charge is 2.34. The summed E-state index contributed by atoms with van der Waals surface area (Å²) in [6.45, 7) is 0.934. The van der Waals surface area contributed by atoms with Crippen molar-refractivity contribution in [3.8, 4) is 0 Å². The van der Waals surface area contributed by atoms with Crippen LogP contribution < -0.4 is 5.32 Å². The summed E-state index contributed by atoms with van der Waals surface area (Å²) < 4.78 is 4.85. The first kappa shape index (κ1) is 17.2. The quantitative estimate of drug-likeness (QED) is 0.256. The minimum absolute atomic E-state index is 0.451. The number of carbonyl (C=O) groups is 1. The van der Waals surface area contributed by atoms with Gasteiger partial charge in [0, 0.05) is 7.11 Å². The van der Waals surface area contributed by atoms with Crippen molar-refractivity contribution in [2.75, 3.05) is 13.7 Å². The Morgan fingerprint density at radius 1 is 1.22 bits per heavy atom. The summed E-state index contributed by atoms with van der Waals surface area (Å²) in [5, 5.41) is 48.2. The van der Waals surface area contributed by atoms with Crippen LogP contribution in [0.3, 0.4) is 0 Å². The monoisotopic (exact) mass is 267 g/mol. The van der Waals surface area contributed by atoms with E-state index >= 15 is 0 Å². The van der Waals surface area contributed by atoms with Crippen molar-refractivity contribution in [2.45, 2.75) is 44.0 Å². The van der Waals surface area contributed by atoms with Gasteiger partial charge in [0.1, 0.15) is 24.5 Å². The number of rotatable bonds is 8. The van der Waals surface area contributed by atoms with Crippen LogP contribution in [-0.4, -0.2) is 75.8 Å². The molecule has 0 saturated carbocycles. The van der Waals surface area contributed by atoms with Gasteiger partial charge in [-0.1, -0.05) is 6.92 Å². The van der Waals surface area contributed by atoms with Crippen LogP contribution in [0.1, 0.15) is 13.3 Å². The summed E-state index contributed by atoms with van der Waals surface area (Å²) in [6, 6.07) is 0. The summed E-state index contributed by atoms with van der Waals surface area (Å²) in [6.07, 6.45) is -7.51. The van der Waals surface area contributed by atoms with Crippen molar-refractivity contribution < 1.29 is 35.1 Å². The summed E-state index contributed by atoms with van der Waals surface area (Å²) in [7, 11) is 1.36. The lowest BCUT2D eigenvalue weighted by Crippen LogP contribution is -2.53. The van der Waals surface area contributed by atoms with E-state index in [2.05, 4.69) is 5.32 Å². The van der Waals surface area contributed by atoms with Crippen LogP contribution in [0.15, 0.2) is 0 Å². The maximum atomic E-state index is 11.5. The number of hydrogen-bond acceptors (Lipinski definition) is 7. The molecule has 1 unspecified atom stereocenters. The lowest BCUT2D eigenvalue weighted by Gasteiger charge is -2.26. The van der Waals surface area contributed by atoms with E-state index in [9.17, 15) is 20.1 Å². The number of nitrogens with one attached hydrogen (secondary N) is 1. The second-order valence-electron chi connectivity index (χ2n) is 3.82. The summed E-state index contributed by atoms with van der Waals surface area (Å²) in [4.78, 5) is 11.5. The molecule has 0 rings (SSSR count). The van der Waals surface area contributed by atoms with E-state index in [1.54, 1.807) is 6.92 Å². The third-order valence-corrected chi connectivity index (χ3v) is 2.48. The van der Waals surface area contributed by atoms with Crippen molar-refractivity contribution >= 4 is 5.91 Å². The Morgan fingerprint density at radius 2 is 1.78 bits per heavy atom. The van der Waals surface area contributed by atoms with E-state index in [4.69, 9.17) is 14.9 Å². The SMILES string of the molecule is CCC(NC(=O)[C@H](O)[C@@H](O)[C@H](O)[C@H](O)CO)OC. The first-order valence-electron chi connectivity index (χ1n) is 5.55. The standard InChI is InChI=1S/C10H21NO7/c1-3-6(18-2)11-10(17)9(16)8(15)7(14)5(13)4-12/h5-9,12-16H,3-4H2,1-2H3,(H,11,17)/t5-,6?,7-,8+,9-/m1/s1. The lowest BCUT2D eigenvalue weighted by molar-refractivity contribution is -0.152. The Bertz CT molecular complexity index is 246. The summed E-state index contributed by atoms with van der Waals surface area (Å²) >= 11 is 0. The number of carbonyl (C=O) groups excluding carboxylic acids is 1. The molecule has 0 fully saturated rings. The van der Waals surface area contributed by atoms with Crippen molar-refractivity contribution in [1.82, 2.24) is 5.32 Å². The fourth-order valence-electron chi connectivity index (χ4n) is 1.25. The Hall–Kier alpha value is -0.770. The number of hydrogen-bond donors (Lipinski definition) is 6. The van der Waals surface area contributed by atoms with Gasteiger partial charge in [-0.3, -0.25) is 4.79 Å². The second kappa shape index (κ2) is 8.35. The van der Waals surface area contributed by atoms with E-state index < -0.39 is 43.2 Å². The van der Waals surface area contributed by atoms with Gasteiger partial charge in [0.2, 0.25) is 0 Å². The van der Waals surface area contributed by atoms with Gasteiger partial charge in [-0.2, -0.15) is 0 Å². The van der Waals surface area contributed by atoms with Crippen LogP contribution in [0.25, 0.3) is 0 Å². The first-order valence-corrected chi connectivity index (χ1v) is 5.55. The maximum Gasteiger partial charge on any atom is 0.253 e. The van der Waals surface area contributed by atoms with Crippen LogP contribution >= 0.6 is 0 Å². The largest absolute Gasteiger partial charge is 0.394 e. The van der Waals surface area contributed by atoms with Gasteiger partial charge in [-0.15, -0.1) is 0 Å². The van der Waals surface area contributed by atoms with E-state index in [0.717, 1.165) is 0 Å². The number of amides is 1. The molecule has 5 atom stereocenters. The molecule has 0 aromatic rings. The molecule has 108 valence electrons. The molecular weight excluding hydrogens is 246 g/mol. The molecule has 0 aliphatic rings. The Morgan fingerprint density at radius 3 is 2.17 bits per heavy atom. The Balaban J connectivity index is 4.44. The third kappa shape index (κ3) is 4.84. The van der Waals surface area contributed by atoms with Crippen molar-refractivity contribution in [2.24, 2.45) is 0 Å². The highest BCUT2D eigenvalue weighted by molar-refractivity contribution is 5.81. The highest BCUT2D eigenvalue weighted by Crippen LogP contribution is 2.06. The average Bonchev–Trinajstić information content (AvgIpc) is 2.40.